The molecule has 2 fully saturated rings. The summed E-state index contributed by atoms with van der Waals surface area (Å²) in [6.45, 7) is 1.70. The van der Waals surface area contributed by atoms with Gasteiger partial charge in [-0.1, -0.05) is 6.42 Å². The maximum atomic E-state index is 12.3. The predicted molar refractivity (Wildman–Crippen MR) is 76.8 cm³/mol. The smallest absolute Gasteiger partial charge is 0.281 e. The van der Waals surface area contributed by atoms with Crippen molar-refractivity contribution in [1.82, 2.24) is 8.61 Å². The zero-order valence-corrected chi connectivity index (χ0v) is 12.9. The first-order chi connectivity index (χ1) is 8.95. The molecule has 0 amide bonds. The number of rotatable bonds is 7. The van der Waals surface area contributed by atoms with Crippen molar-refractivity contribution < 1.29 is 8.42 Å². The lowest BCUT2D eigenvalue weighted by Gasteiger charge is -2.29. The average molecular weight is 289 g/mol. The molecule has 19 heavy (non-hydrogen) atoms. The lowest BCUT2D eigenvalue weighted by atomic mass is 9.89. The highest BCUT2D eigenvalue weighted by atomic mass is 32.2. The molecule has 0 aromatic heterocycles. The van der Waals surface area contributed by atoms with E-state index in [-0.39, 0.29) is 0 Å². The number of nitrogens with zero attached hydrogens (tertiary/aromatic N) is 2. The van der Waals surface area contributed by atoms with E-state index in [1.807, 2.05) is 0 Å². The van der Waals surface area contributed by atoms with Crippen LogP contribution in [0.3, 0.4) is 0 Å². The molecule has 5 nitrogen and oxygen atoms in total. The van der Waals surface area contributed by atoms with E-state index >= 15 is 0 Å². The second-order valence-electron chi connectivity index (χ2n) is 6.19. The summed E-state index contributed by atoms with van der Waals surface area (Å²) in [4.78, 5) is 0. The normalized spacial score (nSPS) is 30.7. The van der Waals surface area contributed by atoms with Gasteiger partial charge in [0.15, 0.2) is 0 Å². The molecule has 3 unspecified atom stereocenters. The first-order valence-electron chi connectivity index (χ1n) is 7.32. The van der Waals surface area contributed by atoms with Crippen molar-refractivity contribution in [2.45, 2.75) is 32.1 Å². The average Bonchev–Trinajstić information content (AvgIpc) is 2.97. The van der Waals surface area contributed by atoms with Gasteiger partial charge in [0.05, 0.1) is 0 Å². The zero-order valence-electron chi connectivity index (χ0n) is 12.1. The Kier molecular flexibility index (Phi) is 4.87. The fourth-order valence-corrected chi connectivity index (χ4v) is 4.91. The van der Waals surface area contributed by atoms with Crippen LogP contribution in [0.4, 0.5) is 0 Å². The van der Waals surface area contributed by atoms with E-state index in [2.05, 4.69) is 0 Å². The fourth-order valence-electron chi connectivity index (χ4n) is 3.69. The SMILES string of the molecule is CN(CCCN)S(=O)(=O)N(C)CC1CC2CCC1C2. The van der Waals surface area contributed by atoms with Crippen LogP contribution in [0.1, 0.15) is 32.1 Å². The zero-order chi connectivity index (χ0) is 14.0. The number of hydrogen-bond donors (Lipinski definition) is 1. The van der Waals surface area contributed by atoms with Gasteiger partial charge in [-0.3, -0.25) is 0 Å². The summed E-state index contributed by atoms with van der Waals surface area (Å²) in [6.07, 6.45) is 5.90. The summed E-state index contributed by atoms with van der Waals surface area (Å²) < 4.78 is 27.6. The topological polar surface area (TPSA) is 66.6 Å². The standard InChI is InChI=1S/C13H27N3O2S/c1-15(7-3-6-14)19(17,18)16(2)10-13-9-11-4-5-12(13)8-11/h11-13H,3-10,14H2,1-2H3. The van der Waals surface area contributed by atoms with Gasteiger partial charge in [-0.25, -0.2) is 0 Å². The molecule has 0 aromatic carbocycles. The largest absolute Gasteiger partial charge is 0.330 e. The molecule has 2 saturated carbocycles. The summed E-state index contributed by atoms with van der Waals surface area (Å²) in [7, 11) is 0.0454. The van der Waals surface area contributed by atoms with E-state index in [1.54, 1.807) is 14.1 Å². The summed E-state index contributed by atoms with van der Waals surface area (Å²) >= 11 is 0. The van der Waals surface area contributed by atoms with Crippen molar-refractivity contribution in [3.05, 3.63) is 0 Å². The summed E-state index contributed by atoms with van der Waals surface area (Å²) in [5, 5.41) is 0. The van der Waals surface area contributed by atoms with Crippen molar-refractivity contribution in [3.63, 3.8) is 0 Å². The first-order valence-corrected chi connectivity index (χ1v) is 8.72. The third kappa shape index (κ3) is 3.29. The Morgan fingerprint density at radius 3 is 2.42 bits per heavy atom. The third-order valence-corrected chi connectivity index (χ3v) is 6.75. The van der Waals surface area contributed by atoms with Crippen molar-refractivity contribution in [2.24, 2.45) is 23.5 Å². The van der Waals surface area contributed by atoms with E-state index in [9.17, 15) is 8.42 Å². The summed E-state index contributed by atoms with van der Waals surface area (Å²) in [5.41, 5.74) is 5.43. The maximum absolute atomic E-state index is 12.3. The molecule has 0 spiro atoms. The molecular formula is C13H27N3O2S. The van der Waals surface area contributed by atoms with Crippen LogP contribution in [-0.4, -0.2) is 50.8 Å². The minimum absolute atomic E-state index is 0.500. The molecule has 0 heterocycles. The molecule has 2 aliphatic carbocycles. The monoisotopic (exact) mass is 289 g/mol. The van der Waals surface area contributed by atoms with E-state index in [0.29, 0.717) is 32.0 Å². The van der Waals surface area contributed by atoms with Gasteiger partial charge >= 0.3 is 0 Å². The first kappa shape index (κ1) is 15.2. The number of nitrogens with two attached hydrogens (primary N) is 1. The van der Waals surface area contributed by atoms with Crippen LogP contribution in [0.15, 0.2) is 0 Å². The molecule has 2 bridgehead atoms. The number of fused-ring (bicyclic) bond motifs is 2. The highest BCUT2D eigenvalue weighted by molar-refractivity contribution is 7.86. The highest BCUT2D eigenvalue weighted by Crippen LogP contribution is 2.48. The molecule has 0 aromatic rings. The molecule has 6 heteroatoms. The second-order valence-corrected chi connectivity index (χ2v) is 8.33. The molecule has 0 saturated heterocycles. The van der Waals surface area contributed by atoms with Crippen molar-refractivity contribution in [3.8, 4) is 0 Å². The van der Waals surface area contributed by atoms with Gasteiger partial charge in [0, 0.05) is 27.2 Å². The molecule has 0 aliphatic heterocycles. The van der Waals surface area contributed by atoms with Gasteiger partial charge in [0.2, 0.25) is 0 Å². The summed E-state index contributed by atoms with van der Waals surface area (Å²) in [6, 6.07) is 0. The Morgan fingerprint density at radius 2 is 1.89 bits per heavy atom. The minimum Gasteiger partial charge on any atom is -0.330 e. The van der Waals surface area contributed by atoms with Gasteiger partial charge < -0.3 is 5.73 Å². The Bertz CT molecular complexity index is 399. The second kappa shape index (κ2) is 6.08. The van der Waals surface area contributed by atoms with Crippen molar-refractivity contribution >= 4 is 10.2 Å². The quantitative estimate of drug-likeness (QED) is 0.756. The van der Waals surface area contributed by atoms with E-state index in [1.165, 1.54) is 34.3 Å². The van der Waals surface area contributed by atoms with Crippen molar-refractivity contribution in [2.75, 3.05) is 33.7 Å². The van der Waals surface area contributed by atoms with Crippen LogP contribution < -0.4 is 5.73 Å². The van der Waals surface area contributed by atoms with Crippen molar-refractivity contribution in [1.29, 1.82) is 0 Å². The van der Waals surface area contributed by atoms with Crippen LogP contribution in [0.25, 0.3) is 0 Å². The minimum atomic E-state index is -3.30. The summed E-state index contributed by atoms with van der Waals surface area (Å²) in [5.74, 6) is 2.19. The number of hydrogen-bond acceptors (Lipinski definition) is 3. The Balaban J connectivity index is 1.89. The van der Waals surface area contributed by atoms with Gasteiger partial charge in [0.1, 0.15) is 0 Å². The molecular weight excluding hydrogens is 262 g/mol. The molecule has 2 aliphatic rings. The Labute approximate surface area is 117 Å². The lowest BCUT2D eigenvalue weighted by Crippen LogP contribution is -2.43. The van der Waals surface area contributed by atoms with Crippen LogP contribution in [0.2, 0.25) is 0 Å². The Morgan fingerprint density at radius 1 is 1.16 bits per heavy atom. The Hall–Kier alpha value is -0.170. The van der Waals surface area contributed by atoms with E-state index < -0.39 is 10.2 Å². The molecule has 2 N–H and O–H groups in total. The van der Waals surface area contributed by atoms with Gasteiger partial charge in [-0.05, 0) is 50.0 Å². The lowest BCUT2D eigenvalue weighted by molar-refractivity contribution is 0.270. The van der Waals surface area contributed by atoms with E-state index in [4.69, 9.17) is 5.73 Å². The third-order valence-electron chi connectivity index (χ3n) is 4.84. The fraction of sp³-hybridized carbons (Fsp3) is 1.00. The van der Waals surface area contributed by atoms with Crippen LogP contribution in [-0.2, 0) is 10.2 Å². The molecule has 2 rings (SSSR count). The van der Waals surface area contributed by atoms with E-state index in [0.717, 1.165) is 11.8 Å². The van der Waals surface area contributed by atoms with Gasteiger partial charge in [-0.15, -0.1) is 0 Å². The van der Waals surface area contributed by atoms with Gasteiger partial charge in [0.25, 0.3) is 10.2 Å². The molecule has 3 atom stereocenters. The van der Waals surface area contributed by atoms with Crippen LogP contribution in [0.5, 0.6) is 0 Å². The predicted octanol–water partition coefficient (Wildman–Crippen LogP) is 0.880. The highest BCUT2D eigenvalue weighted by Gasteiger charge is 2.41. The maximum Gasteiger partial charge on any atom is 0.281 e. The molecule has 0 radical (unpaired) electrons. The van der Waals surface area contributed by atoms with Gasteiger partial charge in [-0.2, -0.15) is 17.0 Å². The van der Waals surface area contributed by atoms with Crippen LogP contribution in [0, 0.1) is 17.8 Å². The van der Waals surface area contributed by atoms with Crippen LogP contribution >= 0.6 is 0 Å². The molecule has 112 valence electrons.